The van der Waals surface area contributed by atoms with Gasteiger partial charge in [0.1, 0.15) is 0 Å². The first-order valence-corrected chi connectivity index (χ1v) is 8.45. The zero-order valence-corrected chi connectivity index (χ0v) is 16.0. The lowest BCUT2D eigenvalue weighted by atomic mass is 10.0. The standard InChI is InChI=1S/C20H26N2O4/c1-20(2,3)26-22-16-11-15(12-21-13-16)17(23)8-6-14-7-9-18(24-4)19(10-14)25-5/h7,9-13,22H,6,8H2,1-5H3. The molecule has 140 valence electrons. The fourth-order valence-electron chi connectivity index (χ4n) is 2.30. The SMILES string of the molecule is COc1ccc(CCC(=O)c2cncc(NOC(C)(C)C)c2)cc1OC. The van der Waals surface area contributed by atoms with Crippen molar-refractivity contribution >= 4 is 11.5 Å². The molecule has 1 aromatic carbocycles. The lowest BCUT2D eigenvalue weighted by Gasteiger charge is -2.19. The van der Waals surface area contributed by atoms with E-state index in [1.54, 1.807) is 32.7 Å². The van der Waals surface area contributed by atoms with Crippen LogP contribution in [0, 0.1) is 0 Å². The minimum absolute atomic E-state index is 0.0201. The van der Waals surface area contributed by atoms with Crippen LogP contribution in [0.1, 0.15) is 43.1 Å². The van der Waals surface area contributed by atoms with Gasteiger partial charge in [0.25, 0.3) is 0 Å². The Balaban J connectivity index is 1.99. The molecule has 26 heavy (non-hydrogen) atoms. The fourth-order valence-corrected chi connectivity index (χ4v) is 2.30. The van der Waals surface area contributed by atoms with Crippen LogP contribution in [0.3, 0.4) is 0 Å². The van der Waals surface area contributed by atoms with Gasteiger partial charge in [-0.3, -0.25) is 20.1 Å². The van der Waals surface area contributed by atoms with Gasteiger partial charge in [-0.2, -0.15) is 0 Å². The summed E-state index contributed by atoms with van der Waals surface area (Å²) in [6, 6.07) is 7.41. The summed E-state index contributed by atoms with van der Waals surface area (Å²) in [6.45, 7) is 5.81. The molecule has 0 saturated heterocycles. The van der Waals surface area contributed by atoms with Crippen LogP contribution in [-0.4, -0.2) is 30.6 Å². The number of methoxy groups -OCH3 is 2. The van der Waals surface area contributed by atoms with Crippen molar-refractivity contribution in [3.05, 3.63) is 47.8 Å². The van der Waals surface area contributed by atoms with Crippen LogP contribution in [0.25, 0.3) is 0 Å². The monoisotopic (exact) mass is 358 g/mol. The number of nitrogens with one attached hydrogen (secondary N) is 1. The first-order chi connectivity index (χ1) is 12.3. The molecule has 6 heteroatoms. The van der Waals surface area contributed by atoms with Crippen molar-refractivity contribution in [1.82, 2.24) is 4.98 Å². The highest BCUT2D eigenvalue weighted by Gasteiger charge is 2.13. The molecule has 2 aromatic rings. The second-order valence-corrected chi connectivity index (χ2v) is 6.89. The van der Waals surface area contributed by atoms with E-state index < -0.39 is 0 Å². The second-order valence-electron chi connectivity index (χ2n) is 6.89. The molecule has 0 aliphatic heterocycles. The maximum atomic E-state index is 12.5. The smallest absolute Gasteiger partial charge is 0.164 e. The molecule has 1 aromatic heterocycles. The summed E-state index contributed by atoms with van der Waals surface area (Å²) in [5.41, 5.74) is 4.70. The normalized spacial score (nSPS) is 11.1. The molecule has 6 nitrogen and oxygen atoms in total. The first kappa shape index (κ1) is 19.7. The van der Waals surface area contributed by atoms with Crippen LogP contribution in [-0.2, 0) is 11.3 Å². The Hall–Kier alpha value is -2.60. The highest BCUT2D eigenvalue weighted by Crippen LogP contribution is 2.28. The molecule has 0 spiro atoms. The number of rotatable bonds is 8. The number of Topliss-reactive ketones (excluding diaryl/α,β-unsaturated/α-hetero) is 1. The summed E-state index contributed by atoms with van der Waals surface area (Å²) in [4.78, 5) is 22.1. The molecule has 0 atom stereocenters. The molecule has 0 aliphatic rings. The van der Waals surface area contributed by atoms with Gasteiger partial charge in [-0.15, -0.1) is 0 Å². The van der Waals surface area contributed by atoms with E-state index in [-0.39, 0.29) is 11.4 Å². The Morgan fingerprint density at radius 2 is 1.81 bits per heavy atom. The van der Waals surface area contributed by atoms with Crippen molar-refractivity contribution in [2.24, 2.45) is 0 Å². The first-order valence-electron chi connectivity index (χ1n) is 8.45. The summed E-state index contributed by atoms with van der Waals surface area (Å²) in [6.07, 6.45) is 4.17. The average Bonchev–Trinajstić information content (AvgIpc) is 2.63. The van der Waals surface area contributed by atoms with Gasteiger partial charge in [0.2, 0.25) is 0 Å². The Kier molecular flexibility index (Phi) is 6.58. The minimum atomic E-state index is -0.340. The molecule has 1 heterocycles. The summed E-state index contributed by atoms with van der Waals surface area (Å²) in [5, 5.41) is 0. The van der Waals surface area contributed by atoms with Crippen molar-refractivity contribution in [2.75, 3.05) is 19.7 Å². The molecule has 0 bridgehead atoms. The van der Waals surface area contributed by atoms with E-state index in [4.69, 9.17) is 14.3 Å². The zero-order chi connectivity index (χ0) is 19.2. The molecule has 0 unspecified atom stereocenters. The number of ether oxygens (including phenoxy) is 2. The van der Waals surface area contributed by atoms with Crippen molar-refractivity contribution in [3.8, 4) is 11.5 Å². The number of anilines is 1. The van der Waals surface area contributed by atoms with E-state index >= 15 is 0 Å². The zero-order valence-electron chi connectivity index (χ0n) is 16.0. The molecular formula is C20H26N2O4. The summed E-state index contributed by atoms with van der Waals surface area (Å²) >= 11 is 0. The number of aromatic nitrogens is 1. The van der Waals surface area contributed by atoms with Crippen LogP contribution in [0.4, 0.5) is 5.69 Å². The molecule has 0 aliphatic carbocycles. The van der Waals surface area contributed by atoms with E-state index in [9.17, 15) is 4.79 Å². The quantitative estimate of drug-likeness (QED) is 0.567. The third-order valence-electron chi connectivity index (χ3n) is 3.62. The van der Waals surface area contributed by atoms with E-state index in [1.807, 2.05) is 39.0 Å². The van der Waals surface area contributed by atoms with E-state index in [0.717, 1.165) is 5.56 Å². The van der Waals surface area contributed by atoms with Crippen molar-refractivity contribution in [3.63, 3.8) is 0 Å². The summed E-state index contributed by atoms with van der Waals surface area (Å²) in [5.74, 6) is 1.35. The number of pyridine rings is 1. The predicted molar refractivity (Wildman–Crippen MR) is 101 cm³/mol. The highest BCUT2D eigenvalue weighted by atomic mass is 16.7. The summed E-state index contributed by atoms with van der Waals surface area (Å²) in [7, 11) is 3.19. The summed E-state index contributed by atoms with van der Waals surface area (Å²) < 4.78 is 10.5. The van der Waals surface area contributed by atoms with Crippen LogP contribution in [0.5, 0.6) is 11.5 Å². The predicted octanol–water partition coefficient (Wildman–Crippen LogP) is 4.06. The Labute approximate surface area is 154 Å². The fraction of sp³-hybridized carbons (Fsp3) is 0.400. The highest BCUT2D eigenvalue weighted by molar-refractivity contribution is 5.96. The van der Waals surface area contributed by atoms with Gasteiger partial charge in [-0.1, -0.05) is 6.07 Å². The Bertz CT molecular complexity index is 754. The number of carbonyl (C=O) groups is 1. The van der Waals surface area contributed by atoms with Crippen LogP contribution >= 0.6 is 0 Å². The maximum absolute atomic E-state index is 12.5. The molecule has 0 fully saturated rings. The van der Waals surface area contributed by atoms with Gasteiger partial charge in [-0.25, -0.2) is 0 Å². The van der Waals surface area contributed by atoms with Crippen LogP contribution in [0.2, 0.25) is 0 Å². The Morgan fingerprint density at radius 3 is 2.46 bits per heavy atom. The lowest BCUT2D eigenvalue weighted by Crippen LogP contribution is -2.23. The number of hydrogen-bond donors (Lipinski definition) is 1. The van der Waals surface area contributed by atoms with Crippen molar-refractivity contribution in [2.45, 2.75) is 39.2 Å². The number of hydrogen-bond acceptors (Lipinski definition) is 6. The van der Waals surface area contributed by atoms with Gasteiger partial charge in [-0.05, 0) is 51.0 Å². The van der Waals surface area contributed by atoms with Gasteiger partial charge < -0.3 is 9.47 Å². The Morgan fingerprint density at radius 1 is 1.08 bits per heavy atom. The van der Waals surface area contributed by atoms with Crippen molar-refractivity contribution in [1.29, 1.82) is 0 Å². The molecular weight excluding hydrogens is 332 g/mol. The van der Waals surface area contributed by atoms with E-state index in [1.165, 1.54) is 0 Å². The topological polar surface area (TPSA) is 69.7 Å². The number of ketones is 1. The average molecular weight is 358 g/mol. The van der Waals surface area contributed by atoms with Gasteiger partial charge >= 0.3 is 0 Å². The molecule has 0 amide bonds. The van der Waals surface area contributed by atoms with Crippen LogP contribution < -0.4 is 15.0 Å². The van der Waals surface area contributed by atoms with Gasteiger partial charge in [0, 0.05) is 18.2 Å². The number of aryl methyl sites for hydroxylation is 1. The molecule has 1 N–H and O–H groups in total. The number of benzene rings is 1. The number of nitrogens with zero attached hydrogens (tertiary/aromatic N) is 1. The van der Waals surface area contributed by atoms with E-state index in [2.05, 4.69) is 10.5 Å². The van der Waals surface area contributed by atoms with Crippen molar-refractivity contribution < 1.29 is 19.1 Å². The maximum Gasteiger partial charge on any atom is 0.164 e. The second kappa shape index (κ2) is 8.67. The lowest BCUT2D eigenvalue weighted by molar-refractivity contribution is 0.0374. The van der Waals surface area contributed by atoms with Gasteiger partial charge in [0.05, 0.1) is 31.7 Å². The molecule has 0 saturated carbocycles. The third kappa shape index (κ3) is 5.74. The minimum Gasteiger partial charge on any atom is -0.493 e. The largest absolute Gasteiger partial charge is 0.493 e. The van der Waals surface area contributed by atoms with Crippen LogP contribution in [0.15, 0.2) is 36.7 Å². The van der Waals surface area contributed by atoms with E-state index in [0.29, 0.717) is 35.6 Å². The third-order valence-corrected chi connectivity index (χ3v) is 3.62. The number of carbonyl (C=O) groups excluding carboxylic acids is 1. The molecule has 0 radical (unpaired) electrons. The molecule has 2 rings (SSSR count). The van der Waals surface area contributed by atoms with Gasteiger partial charge in [0.15, 0.2) is 17.3 Å².